The Kier molecular flexibility index (Phi) is 6.30. The maximum atomic E-state index is 14.0. The molecule has 1 N–H and O–H groups in total. The van der Waals surface area contributed by atoms with Gasteiger partial charge in [0.15, 0.2) is 0 Å². The third-order valence-electron chi connectivity index (χ3n) is 4.45. The van der Waals surface area contributed by atoms with Crippen molar-refractivity contribution in [2.45, 2.75) is 23.6 Å². The lowest BCUT2D eigenvalue weighted by Crippen LogP contribution is -2.23. The highest BCUT2D eigenvalue weighted by Gasteiger charge is 2.36. The van der Waals surface area contributed by atoms with Gasteiger partial charge in [0.1, 0.15) is 28.4 Å². The molecule has 1 aliphatic rings. The molecule has 5 nitrogen and oxygen atoms in total. The van der Waals surface area contributed by atoms with E-state index >= 15 is 0 Å². The van der Waals surface area contributed by atoms with Crippen LogP contribution in [0.2, 0.25) is 0 Å². The largest absolute Gasteiger partial charge is 0.488 e. The molecule has 2 aromatic carbocycles. The van der Waals surface area contributed by atoms with Crippen LogP contribution in [-0.4, -0.2) is 39.6 Å². The van der Waals surface area contributed by atoms with Crippen LogP contribution in [-0.2, 0) is 16.2 Å². The average molecular weight is 515 g/mol. The van der Waals surface area contributed by atoms with Crippen molar-refractivity contribution in [3.63, 3.8) is 0 Å². The summed E-state index contributed by atoms with van der Waals surface area (Å²) in [6, 6.07) is 3.54. The Morgan fingerprint density at radius 2 is 1.87 bits per heavy atom. The molecule has 164 valence electrons. The molecule has 0 bridgehead atoms. The fourth-order valence-corrected chi connectivity index (χ4v) is 4.45. The zero-order valence-electron chi connectivity index (χ0n) is 15.4. The van der Waals surface area contributed by atoms with Crippen LogP contribution < -0.4 is 9.46 Å². The predicted octanol–water partition coefficient (Wildman–Crippen LogP) is 4.63. The Morgan fingerprint density at radius 1 is 1.17 bits per heavy atom. The van der Waals surface area contributed by atoms with E-state index in [-0.39, 0.29) is 10.2 Å². The summed E-state index contributed by atoms with van der Waals surface area (Å²) in [4.78, 5) is 0.901. The molecule has 1 atom stereocenters. The van der Waals surface area contributed by atoms with E-state index in [4.69, 9.17) is 4.74 Å². The molecule has 3 rings (SSSR count). The number of nitrogens with zero attached hydrogens (tertiary/aromatic N) is 1. The topological polar surface area (TPSA) is 58.6 Å². The fraction of sp³-hybridized carbons (Fsp3) is 0.333. The minimum Gasteiger partial charge on any atom is -0.488 e. The Morgan fingerprint density at radius 3 is 2.47 bits per heavy atom. The van der Waals surface area contributed by atoms with Crippen LogP contribution in [0.1, 0.15) is 12.0 Å². The maximum Gasteiger partial charge on any atom is 0.419 e. The molecule has 0 aliphatic carbocycles. The molecule has 1 fully saturated rings. The molecule has 1 saturated heterocycles. The lowest BCUT2D eigenvalue weighted by atomic mass is 10.1. The van der Waals surface area contributed by atoms with Crippen LogP contribution in [0.5, 0.6) is 5.75 Å². The third kappa shape index (κ3) is 5.03. The highest BCUT2D eigenvalue weighted by atomic mass is 79.9. The summed E-state index contributed by atoms with van der Waals surface area (Å²) in [5.41, 5.74) is -1.35. The smallest absolute Gasteiger partial charge is 0.419 e. The molecule has 0 radical (unpaired) electrons. The van der Waals surface area contributed by atoms with Gasteiger partial charge < -0.3 is 9.64 Å². The molecule has 0 aromatic heterocycles. The number of anilines is 1. The number of hydrogen-bond donors (Lipinski definition) is 1. The van der Waals surface area contributed by atoms with Crippen molar-refractivity contribution in [2.75, 3.05) is 24.9 Å². The number of alkyl halides is 3. The number of benzene rings is 2. The van der Waals surface area contributed by atoms with Crippen molar-refractivity contribution in [1.82, 2.24) is 4.90 Å². The first-order valence-corrected chi connectivity index (χ1v) is 10.9. The molecular formula is C18H16BrF5N2O3S. The van der Waals surface area contributed by atoms with Gasteiger partial charge in [-0.25, -0.2) is 17.2 Å². The highest BCUT2D eigenvalue weighted by Crippen LogP contribution is 2.39. The second-order valence-electron chi connectivity index (χ2n) is 6.80. The van der Waals surface area contributed by atoms with E-state index in [0.717, 1.165) is 12.1 Å². The molecule has 12 heteroatoms. The summed E-state index contributed by atoms with van der Waals surface area (Å²) < 4.78 is 99.9. The Balaban J connectivity index is 1.94. The van der Waals surface area contributed by atoms with Crippen LogP contribution in [0.4, 0.5) is 27.6 Å². The van der Waals surface area contributed by atoms with Crippen molar-refractivity contribution in [2.24, 2.45) is 0 Å². The monoisotopic (exact) mass is 514 g/mol. The summed E-state index contributed by atoms with van der Waals surface area (Å²) in [5.74, 6) is -2.79. The lowest BCUT2D eigenvalue weighted by Gasteiger charge is -2.19. The number of ether oxygens (including phenoxy) is 1. The zero-order valence-corrected chi connectivity index (χ0v) is 17.8. The number of halogens is 6. The van der Waals surface area contributed by atoms with Crippen LogP contribution in [0.15, 0.2) is 39.7 Å². The standard InChI is InChI=1S/C18H16BrF5N2O3S/c1-26-5-4-11(9-26)29-16-6-10(2-3-12(16)18(22,23)24)25-30(27,28)17-8-14(20)13(19)7-15(17)21/h2-3,6-8,11,25H,4-5,9H2,1H3. The van der Waals surface area contributed by atoms with Gasteiger partial charge in [-0.15, -0.1) is 0 Å². The number of hydrogen-bond acceptors (Lipinski definition) is 4. The quantitative estimate of drug-likeness (QED) is 0.466. The van der Waals surface area contributed by atoms with Crippen LogP contribution in [0, 0.1) is 11.6 Å². The molecule has 1 heterocycles. The molecule has 0 spiro atoms. The van der Waals surface area contributed by atoms with Gasteiger partial charge in [-0.1, -0.05) is 0 Å². The van der Waals surface area contributed by atoms with Crippen molar-refractivity contribution in [1.29, 1.82) is 0 Å². The molecule has 1 aliphatic heterocycles. The fourth-order valence-electron chi connectivity index (χ4n) is 3.01. The van der Waals surface area contributed by atoms with E-state index in [9.17, 15) is 30.4 Å². The molecule has 2 aromatic rings. The normalized spacial score (nSPS) is 17.9. The van der Waals surface area contributed by atoms with E-state index in [0.29, 0.717) is 37.7 Å². The van der Waals surface area contributed by atoms with Crippen molar-refractivity contribution >= 4 is 31.6 Å². The van der Waals surface area contributed by atoms with Gasteiger partial charge >= 0.3 is 6.18 Å². The van der Waals surface area contributed by atoms with E-state index in [1.54, 1.807) is 7.05 Å². The van der Waals surface area contributed by atoms with Crippen molar-refractivity contribution in [3.8, 4) is 5.75 Å². The summed E-state index contributed by atoms with van der Waals surface area (Å²) in [7, 11) is -2.82. The first kappa shape index (κ1) is 22.8. The van der Waals surface area contributed by atoms with Gasteiger partial charge in [0, 0.05) is 19.2 Å². The first-order chi connectivity index (χ1) is 13.9. The molecular weight excluding hydrogens is 499 g/mol. The summed E-state index contributed by atoms with van der Waals surface area (Å²) in [6.07, 6.45) is -4.72. The minimum atomic E-state index is -4.72. The Labute approximate surface area is 178 Å². The molecule has 0 amide bonds. The number of likely N-dealkylation sites (tertiary alicyclic amines) is 1. The van der Waals surface area contributed by atoms with Gasteiger partial charge in [-0.05, 0) is 53.7 Å². The summed E-state index contributed by atoms with van der Waals surface area (Å²) in [6.45, 7) is 1.06. The molecule has 0 saturated carbocycles. The van der Waals surface area contributed by atoms with E-state index in [2.05, 4.69) is 15.9 Å². The lowest BCUT2D eigenvalue weighted by molar-refractivity contribution is -0.139. The average Bonchev–Trinajstić information content (AvgIpc) is 3.01. The Bertz CT molecular complexity index is 1060. The molecule has 1 unspecified atom stereocenters. The van der Waals surface area contributed by atoms with Crippen LogP contribution >= 0.6 is 15.9 Å². The van der Waals surface area contributed by atoms with Gasteiger partial charge in [0.2, 0.25) is 0 Å². The number of nitrogens with one attached hydrogen (secondary N) is 1. The van der Waals surface area contributed by atoms with Gasteiger partial charge in [0.05, 0.1) is 15.7 Å². The third-order valence-corrected chi connectivity index (χ3v) is 6.45. The van der Waals surface area contributed by atoms with Crippen molar-refractivity contribution in [3.05, 3.63) is 52.0 Å². The number of likely N-dealkylation sites (N-methyl/N-ethyl adjacent to an activating group) is 1. The Hall–Kier alpha value is -1.92. The SMILES string of the molecule is CN1CCC(Oc2cc(NS(=O)(=O)c3cc(F)c(Br)cc3F)ccc2C(F)(F)F)C1. The highest BCUT2D eigenvalue weighted by molar-refractivity contribution is 9.10. The van der Waals surface area contributed by atoms with Gasteiger partial charge in [-0.2, -0.15) is 13.2 Å². The summed E-state index contributed by atoms with van der Waals surface area (Å²) in [5, 5.41) is 0. The van der Waals surface area contributed by atoms with E-state index in [1.165, 1.54) is 0 Å². The minimum absolute atomic E-state index is 0.273. The van der Waals surface area contributed by atoms with Gasteiger partial charge in [0.25, 0.3) is 10.0 Å². The second-order valence-corrected chi connectivity index (χ2v) is 9.31. The number of sulfonamides is 1. The number of rotatable bonds is 5. The second kappa shape index (κ2) is 8.31. The summed E-state index contributed by atoms with van der Waals surface area (Å²) >= 11 is 2.74. The van der Waals surface area contributed by atoms with Crippen LogP contribution in [0.3, 0.4) is 0 Å². The predicted molar refractivity (Wildman–Crippen MR) is 103 cm³/mol. The first-order valence-electron chi connectivity index (χ1n) is 8.60. The molecule has 30 heavy (non-hydrogen) atoms. The maximum absolute atomic E-state index is 14.0. The van der Waals surface area contributed by atoms with E-state index < -0.39 is 50.1 Å². The van der Waals surface area contributed by atoms with E-state index in [1.807, 2.05) is 9.62 Å². The van der Waals surface area contributed by atoms with Gasteiger partial charge in [-0.3, -0.25) is 4.72 Å². The van der Waals surface area contributed by atoms with Crippen LogP contribution in [0.25, 0.3) is 0 Å². The van der Waals surface area contributed by atoms with Crippen molar-refractivity contribution < 1.29 is 35.1 Å². The zero-order chi connectivity index (χ0) is 22.3.